The molecule has 27 heavy (non-hydrogen) atoms. The minimum absolute atomic E-state index is 0.0246. The van der Waals surface area contributed by atoms with Gasteiger partial charge < -0.3 is 15.3 Å². The molecule has 0 heterocycles. The molecule has 144 valence electrons. The Morgan fingerprint density at radius 1 is 1.11 bits per heavy atom. The maximum atomic E-state index is 12.7. The van der Waals surface area contributed by atoms with Crippen LogP contribution in [0.1, 0.15) is 24.0 Å². The third-order valence-electron chi connectivity index (χ3n) is 4.31. The van der Waals surface area contributed by atoms with Crippen molar-refractivity contribution < 1.29 is 14.7 Å². The number of carbonyl (C=O) groups excluding carboxylic acids is 1. The number of aliphatic carboxylic acids is 1. The van der Waals surface area contributed by atoms with E-state index in [4.69, 9.17) is 5.11 Å². The van der Waals surface area contributed by atoms with Gasteiger partial charge in [0.15, 0.2) is 0 Å². The van der Waals surface area contributed by atoms with Gasteiger partial charge in [-0.2, -0.15) is 0 Å². The molecule has 0 bridgehead atoms. The van der Waals surface area contributed by atoms with E-state index < -0.39 is 5.97 Å². The molecule has 0 aliphatic rings. The zero-order valence-electron chi connectivity index (χ0n) is 15.7. The Morgan fingerprint density at radius 3 is 2.44 bits per heavy atom. The van der Waals surface area contributed by atoms with Gasteiger partial charge in [-0.15, -0.1) is 11.8 Å². The highest BCUT2D eigenvalue weighted by atomic mass is 32.2. The zero-order chi connectivity index (χ0) is 19.6. The fraction of sp³-hybridized carbons (Fsp3) is 0.333. The molecule has 0 saturated carbocycles. The molecule has 2 amide bonds. The molecule has 6 heteroatoms. The van der Waals surface area contributed by atoms with Gasteiger partial charge in [0.2, 0.25) is 0 Å². The third-order valence-corrected chi connectivity index (χ3v) is 5.14. The van der Waals surface area contributed by atoms with Crippen LogP contribution in [0.15, 0.2) is 59.5 Å². The lowest BCUT2D eigenvalue weighted by Gasteiger charge is -2.24. The second kappa shape index (κ2) is 10.6. The number of nitrogens with zero attached hydrogens (tertiary/aromatic N) is 1. The number of urea groups is 1. The molecule has 2 aromatic rings. The SMILES string of the molecule is CSc1ccccc1CN(C)C(=O)NC(CCC(=O)O)Cc1ccccc1. The number of rotatable bonds is 9. The highest BCUT2D eigenvalue weighted by molar-refractivity contribution is 7.98. The van der Waals surface area contributed by atoms with E-state index in [2.05, 4.69) is 5.32 Å². The number of nitrogens with one attached hydrogen (secondary N) is 1. The van der Waals surface area contributed by atoms with E-state index in [1.807, 2.05) is 60.9 Å². The lowest BCUT2D eigenvalue weighted by molar-refractivity contribution is -0.137. The quantitative estimate of drug-likeness (QED) is 0.639. The summed E-state index contributed by atoms with van der Waals surface area (Å²) in [5.74, 6) is -0.857. The van der Waals surface area contributed by atoms with Crippen LogP contribution >= 0.6 is 11.8 Å². The normalized spacial score (nSPS) is 11.6. The van der Waals surface area contributed by atoms with Crippen molar-refractivity contribution in [3.63, 3.8) is 0 Å². The molecule has 2 N–H and O–H groups in total. The number of carbonyl (C=O) groups is 2. The van der Waals surface area contributed by atoms with E-state index in [-0.39, 0.29) is 18.5 Å². The summed E-state index contributed by atoms with van der Waals surface area (Å²) in [6.45, 7) is 0.500. The summed E-state index contributed by atoms with van der Waals surface area (Å²) < 4.78 is 0. The lowest BCUT2D eigenvalue weighted by atomic mass is 10.0. The van der Waals surface area contributed by atoms with Gasteiger partial charge in [-0.05, 0) is 36.3 Å². The fourth-order valence-electron chi connectivity index (χ4n) is 2.87. The molecule has 0 radical (unpaired) electrons. The molecule has 1 unspecified atom stereocenters. The standard InChI is InChI=1S/C21H26N2O3S/c1-23(15-17-10-6-7-11-19(17)27-2)21(26)22-18(12-13-20(24)25)14-16-8-4-3-5-9-16/h3-11,18H,12-15H2,1-2H3,(H,22,26)(H,24,25). The van der Waals surface area contributed by atoms with E-state index in [1.165, 1.54) is 0 Å². The number of thioether (sulfide) groups is 1. The summed E-state index contributed by atoms with van der Waals surface area (Å²) in [5, 5.41) is 12.0. The largest absolute Gasteiger partial charge is 0.481 e. The maximum Gasteiger partial charge on any atom is 0.317 e. The van der Waals surface area contributed by atoms with Gasteiger partial charge >= 0.3 is 12.0 Å². The number of amides is 2. The molecule has 5 nitrogen and oxygen atoms in total. The Labute approximate surface area is 164 Å². The van der Waals surface area contributed by atoms with Crippen LogP contribution < -0.4 is 5.32 Å². The summed E-state index contributed by atoms with van der Waals surface area (Å²) >= 11 is 1.65. The highest BCUT2D eigenvalue weighted by Crippen LogP contribution is 2.21. The van der Waals surface area contributed by atoms with Crippen molar-refractivity contribution in [2.24, 2.45) is 0 Å². The van der Waals surface area contributed by atoms with Crippen LogP contribution in [0.25, 0.3) is 0 Å². The lowest BCUT2D eigenvalue weighted by Crippen LogP contribution is -2.44. The van der Waals surface area contributed by atoms with E-state index >= 15 is 0 Å². The van der Waals surface area contributed by atoms with E-state index in [9.17, 15) is 9.59 Å². The zero-order valence-corrected chi connectivity index (χ0v) is 16.5. The second-order valence-electron chi connectivity index (χ2n) is 6.44. The molecule has 0 spiro atoms. The van der Waals surface area contributed by atoms with Crippen LogP contribution in [0.2, 0.25) is 0 Å². The van der Waals surface area contributed by atoms with Crippen LogP contribution in [0.3, 0.4) is 0 Å². The Balaban J connectivity index is 2.01. The molecular formula is C21H26N2O3S. The molecule has 0 aliphatic carbocycles. The fourth-order valence-corrected chi connectivity index (χ4v) is 3.48. The minimum Gasteiger partial charge on any atom is -0.481 e. The van der Waals surface area contributed by atoms with Gasteiger partial charge in [0.1, 0.15) is 0 Å². The molecule has 1 atom stereocenters. The van der Waals surface area contributed by atoms with Crippen LogP contribution in [-0.2, 0) is 17.8 Å². The number of hydrogen-bond donors (Lipinski definition) is 2. The van der Waals surface area contributed by atoms with Gasteiger partial charge in [0.25, 0.3) is 0 Å². The smallest absolute Gasteiger partial charge is 0.317 e. The van der Waals surface area contributed by atoms with E-state index in [1.54, 1.807) is 23.7 Å². The minimum atomic E-state index is -0.857. The van der Waals surface area contributed by atoms with Gasteiger partial charge in [0, 0.05) is 31.0 Å². The Bertz CT molecular complexity index is 752. The first-order valence-electron chi connectivity index (χ1n) is 8.89. The van der Waals surface area contributed by atoms with Crippen LogP contribution in [0.4, 0.5) is 4.79 Å². The summed E-state index contributed by atoms with van der Waals surface area (Å²) in [5.41, 5.74) is 2.16. The summed E-state index contributed by atoms with van der Waals surface area (Å²) in [6, 6.07) is 17.4. The molecular weight excluding hydrogens is 360 g/mol. The topological polar surface area (TPSA) is 69.6 Å². The molecule has 0 saturated heterocycles. The Kier molecular flexibility index (Phi) is 8.20. The number of carboxylic acids is 1. The van der Waals surface area contributed by atoms with Crippen molar-refractivity contribution in [3.05, 3.63) is 65.7 Å². The van der Waals surface area contributed by atoms with Gasteiger partial charge in [-0.3, -0.25) is 4.79 Å². The highest BCUT2D eigenvalue weighted by Gasteiger charge is 2.18. The molecule has 2 rings (SSSR count). The average Bonchev–Trinajstić information content (AvgIpc) is 2.67. The van der Waals surface area contributed by atoms with Crippen molar-refractivity contribution in [2.75, 3.05) is 13.3 Å². The predicted molar refractivity (Wildman–Crippen MR) is 109 cm³/mol. The summed E-state index contributed by atoms with van der Waals surface area (Å²) in [4.78, 5) is 26.4. The number of carboxylic acid groups (broad SMARTS) is 1. The van der Waals surface area contributed by atoms with E-state index in [0.717, 1.165) is 16.0 Å². The first kappa shape index (κ1) is 20.8. The van der Waals surface area contributed by atoms with Crippen molar-refractivity contribution >= 4 is 23.8 Å². The summed E-state index contributed by atoms with van der Waals surface area (Å²) in [7, 11) is 1.75. The Hall–Kier alpha value is -2.47. The van der Waals surface area contributed by atoms with Gasteiger partial charge in [0.05, 0.1) is 0 Å². The Morgan fingerprint density at radius 2 is 1.78 bits per heavy atom. The molecule has 0 aromatic heterocycles. The van der Waals surface area contributed by atoms with Gasteiger partial charge in [-0.1, -0.05) is 48.5 Å². The first-order valence-corrected chi connectivity index (χ1v) is 10.1. The second-order valence-corrected chi connectivity index (χ2v) is 7.28. The van der Waals surface area contributed by atoms with Crippen molar-refractivity contribution in [2.45, 2.75) is 36.7 Å². The van der Waals surface area contributed by atoms with Gasteiger partial charge in [-0.25, -0.2) is 4.79 Å². The first-order chi connectivity index (χ1) is 13.0. The van der Waals surface area contributed by atoms with Crippen molar-refractivity contribution in [3.8, 4) is 0 Å². The van der Waals surface area contributed by atoms with Crippen LogP contribution in [0.5, 0.6) is 0 Å². The average molecular weight is 387 g/mol. The summed E-state index contributed by atoms with van der Waals surface area (Å²) in [6.07, 6.45) is 3.04. The van der Waals surface area contributed by atoms with E-state index in [0.29, 0.717) is 19.4 Å². The third kappa shape index (κ3) is 6.98. The van der Waals surface area contributed by atoms with Crippen LogP contribution in [-0.4, -0.2) is 41.4 Å². The maximum absolute atomic E-state index is 12.7. The monoisotopic (exact) mass is 386 g/mol. The van der Waals surface area contributed by atoms with Crippen molar-refractivity contribution in [1.29, 1.82) is 0 Å². The molecule has 2 aromatic carbocycles. The molecule has 0 fully saturated rings. The number of hydrogen-bond acceptors (Lipinski definition) is 3. The predicted octanol–water partition coefficient (Wildman–Crippen LogP) is 4.03. The molecule has 0 aliphatic heterocycles. The van der Waals surface area contributed by atoms with Crippen molar-refractivity contribution in [1.82, 2.24) is 10.2 Å². The number of benzene rings is 2. The van der Waals surface area contributed by atoms with Crippen LogP contribution in [0, 0.1) is 0 Å².